The highest BCUT2D eigenvalue weighted by molar-refractivity contribution is 9.10. The van der Waals surface area contributed by atoms with E-state index in [0.29, 0.717) is 0 Å². The largest absolute Gasteiger partial charge is 0.247 e. The number of halogens is 1. The Morgan fingerprint density at radius 3 is 1.84 bits per heavy atom. The Morgan fingerprint density at radius 2 is 1.21 bits per heavy atom. The van der Waals surface area contributed by atoms with Gasteiger partial charge in [0.2, 0.25) is 0 Å². The van der Waals surface area contributed by atoms with E-state index >= 15 is 0 Å². The Bertz CT molecular complexity index is 678. The van der Waals surface area contributed by atoms with Crippen LogP contribution in [-0.2, 0) is 0 Å². The summed E-state index contributed by atoms with van der Waals surface area (Å²) >= 11 is 3.58. The third-order valence-corrected chi connectivity index (χ3v) is 3.60. The highest BCUT2D eigenvalue weighted by atomic mass is 79.9. The van der Waals surface area contributed by atoms with E-state index in [0.717, 1.165) is 27.0 Å². The predicted molar refractivity (Wildman–Crippen MR) is 82.8 cm³/mol. The van der Waals surface area contributed by atoms with Crippen LogP contribution in [0.15, 0.2) is 77.3 Å². The van der Waals surface area contributed by atoms with Gasteiger partial charge in [0, 0.05) is 15.6 Å². The Morgan fingerprint density at radius 1 is 0.632 bits per heavy atom. The molecule has 0 amide bonds. The van der Waals surface area contributed by atoms with Gasteiger partial charge < -0.3 is 0 Å². The van der Waals surface area contributed by atoms with E-state index in [-0.39, 0.29) is 0 Å². The zero-order valence-electron chi connectivity index (χ0n) is 10.3. The van der Waals surface area contributed by atoms with E-state index in [9.17, 15) is 0 Å². The molecule has 0 unspecified atom stereocenters. The zero-order valence-corrected chi connectivity index (χ0v) is 11.8. The summed E-state index contributed by atoms with van der Waals surface area (Å²) in [6, 6.07) is 24.5. The van der Waals surface area contributed by atoms with Crippen LogP contribution in [0.2, 0.25) is 0 Å². The second kappa shape index (κ2) is 5.37. The molecule has 0 bridgehead atoms. The predicted octanol–water partition coefficient (Wildman–Crippen LogP) is 5.18. The van der Waals surface area contributed by atoms with Crippen molar-refractivity contribution in [2.24, 2.45) is 0 Å². The molecule has 0 saturated carbocycles. The zero-order chi connectivity index (χ0) is 13.1. The summed E-state index contributed by atoms with van der Waals surface area (Å²) in [6.07, 6.45) is 0. The number of aromatic nitrogens is 1. The summed E-state index contributed by atoms with van der Waals surface area (Å²) < 4.78 is 1.01. The minimum Gasteiger partial charge on any atom is -0.247 e. The summed E-state index contributed by atoms with van der Waals surface area (Å²) in [5.74, 6) is 0. The molecule has 0 fully saturated rings. The van der Waals surface area contributed by atoms with Crippen LogP contribution in [0.4, 0.5) is 0 Å². The van der Waals surface area contributed by atoms with Crippen LogP contribution >= 0.6 is 15.9 Å². The Hall–Kier alpha value is -1.93. The van der Waals surface area contributed by atoms with Crippen molar-refractivity contribution in [3.63, 3.8) is 0 Å². The number of benzene rings is 2. The van der Waals surface area contributed by atoms with E-state index in [4.69, 9.17) is 4.98 Å². The maximum absolute atomic E-state index is 4.77. The van der Waals surface area contributed by atoms with Crippen molar-refractivity contribution >= 4 is 15.9 Å². The Balaban J connectivity index is 2.12. The molecular formula is C17H12BrN. The number of hydrogen-bond acceptors (Lipinski definition) is 1. The molecule has 19 heavy (non-hydrogen) atoms. The molecule has 3 rings (SSSR count). The SMILES string of the molecule is Brc1ccc(-c2ccccc2)nc1-c1ccccc1. The van der Waals surface area contributed by atoms with Crippen molar-refractivity contribution in [1.82, 2.24) is 4.98 Å². The van der Waals surface area contributed by atoms with Crippen LogP contribution in [0.3, 0.4) is 0 Å². The minimum absolute atomic E-state index is 0.974. The van der Waals surface area contributed by atoms with Gasteiger partial charge in [0.15, 0.2) is 0 Å². The number of rotatable bonds is 2. The summed E-state index contributed by atoms with van der Waals surface area (Å²) in [5.41, 5.74) is 4.21. The number of nitrogens with zero attached hydrogens (tertiary/aromatic N) is 1. The third-order valence-electron chi connectivity index (χ3n) is 2.96. The molecule has 1 nitrogen and oxygen atoms in total. The standard InChI is InChI=1S/C17H12BrN/c18-15-11-12-16(13-7-3-1-4-8-13)19-17(15)14-9-5-2-6-10-14/h1-12H. The van der Waals surface area contributed by atoms with Gasteiger partial charge in [-0.15, -0.1) is 0 Å². The van der Waals surface area contributed by atoms with Crippen molar-refractivity contribution in [3.05, 3.63) is 77.3 Å². The topological polar surface area (TPSA) is 12.9 Å². The monoisotopic (exact) mass is 309 g/mol. The molecule has 0 atom stereocenters. The first kappa shape index (κ1) is 12.1. The van der Waals surface area contributed by atoms with Crippen LogP contribution in [0, 0.1) is 0 Å². The van der Waals surface area contributed by atoms with E-state index in [2.05, 4.69) is 46.3 Å². The van der Waals surface area contributed by atoms with Crippen LogP contribution in [0.25, 0.3) is 22.5 Å². The Kier molecular flexibility index (Phi) is 3.43. The summed E-state index contributed by atoms with van der Waals surface area (Å²) in [4.78, 5) is 4.77. The fourth-order valence-corrected chi connectivity index (χ4v) is 2.46. The summed E-state index contributed by atoms with van der Waals surface area (Å²) in [7, 11) is 0. The van der Waals surface area contributed by atoms with Crippen molar-refractivity contribution in [2.75, 3.05) is 0 Å². The molecule has 0 N–H and O–H groups in total. The summed E-state index contributed by atoms with van der Waals surface area (Å²) in [6.45, 7) is 0. The van der Waals surface area contributed by atoms with Crippen molar-refractivity contribution in [3.8, 4) is 22.5 Å². The molecule has 1 aromatic heterocycles. The average molecular weight is 310 g/mol. The van der Waals surface area contributed by atoms with Gasteiger partial charge in [-0.3, -0.25) is 0 Å². The van der Waals surface area contributed by atoms with Gasteiger partial charge >= 0.3 is 0 Å². The third kappa shape index (κ3) is 2.59. The van der Waals surface area contributed by atoms with Crippen molar-refractivity contribution in [2.45, 2.75) is 0 Å². The van der Waals surface area contributed by atoms with E-state index in [1.54, 1.807) is 0 Å². The Labute approximate surface area is 121 Å². The summed E-state index contributed by atoms with van der Waals surface area (Å²) in [5, 5.41) is 0. The molecule has 1 heterocycles. The molecular weight excluding hydrogens is 298 g/mol. The molecule has 0 saturated heterocycles. The molecule has 2 aromatic carbocycles. The van der Waals surface area contributed by atoms with Crippen LogP contribution < -0.4 is 0 Å². The molecule has 0 aliphatic rings. The lowest BCUT2D eigenvalue weighted by Crippen LogP contribution is -1.89. The fourth-order valence-electron chi connectivity index (χ4n) is 2.01. The quantitative estimate of drug-likeness (QED) is 0.635. The second-order valence-corrected chi connectivity index (χ2v) is 5.11. The first-order valence-corrected chi connectivity index (χ1v) is 6.91. The first-order chi connectivity index (χ1) is 9.34. The smallest absolute Gasteiger partial charge is 0.0851 e. The van der Waals surface area contributed by atoms with Gasteiger partial charge in [-0.2, -0.15) is 0 Å². The lowest BCUT2D eigenvalue weighted by Gasteiger charge is -2.07. The normalized spacial score (nSPS) is 10.4. The molecule has 0 aliphatic heterocycles. The van der Waals surface area contributed by atoms with Crippen LogP contribution in [0.5, 0.6) is 0 Å². The molecule has 0 spiro atoms. The highest BCUT2D eigenvalue weighted by Crippen LogP contribution is 2.29. The first-order valence-electron chi connectivity index (χ1n) is 6.12. The van der Waals surface area contributed by atoms with Gasteiger partial charge in [-0.25, -0.2) is 4.98 Å². The molecule has 92 valence electrons. The lowest BCUT2D eigenvalue weighted by atomic mass is 10.1. The lowest BCUT2D eigenvalue weighted by molar-refractivity contribution is 1.31. The molecule has 3 aromatic rings. The number of pyridine rings is 1. The maximum atomic E-state index is 4.77. The van der Waals surface area contributed by atoms with Gasteiger partial charge in [0.1, 0.15) is 0 Å². The molecule has 0 aliphatic carbocycles. The number of hydrogen-bond donors (Lipinski definition) is 0. The van der Waals surface area contributed by atoms with Gasteiger partial charge in [-0.05, 0) is 28.1 Å². The van der Waals surface area contributed by atoms with Gasteiger partial charge in [0.25, 0.3) is 0 Å². The van der Waals surface area contributed by atoms with Crippen molar-refractivity contribution < 1.29 is 0 Å². The molecule has 0 radical (unpaired) electrons. The van der Waals surface area contributed by atoms with E-state index in [1.807, 2.05) is 42.5 Å². The maximum Gasteiger partial charge on any atom is 0.0851 e. The van der Waals surface area contributed by atoms with E-state index in [1.165, 1.54) is 0 Å². The second-order valence-electron chi connectivity index (χ2n) is 4.26. The van der Waals surface area contributed by atoms with E-state index < -0.39 is 0 Å². The average Bonchev–Trinajstić information content (AvgIpc) is 2.49. The highest BCUT2D eigenvalue weighted by Gasteiger charge is 2.07. The van der Waals surface area contributed by atoms with Gasteiger partial charge in [-0.1, -0.05) is 60.7 Å². The van der Waals surface area contributed by atoms with Crippen LogP contribution in [0.1, 0.15) is 0 Å². The van der Waals surface area contributed by atoms with Crippen molar-refractivity contribution in [1.29, 1.82) is 0 Å². The van der Waals surface area contributed by atoms with Gasteiger partial charge in [0.05, 0.1) is 11.4 Å². The minimum atomic E-state index is 0.974. The fraction of sp³-hybridized carbons (Fsp3) is 0. The molecule has 2 heteroatoms. The van der Waals surface area contributed by atoms with Crippen LogP contribution in [-0.4, -0.2) is 4.98 Å².